The Morgan fingerprint density at radius 1 is 1.50 bits per heavy atom. The molecule has 72 valence electrons. The largest absolute Gasteiger partial charge is 0.477 e. The van der Waals surface area contributed by atoms with Gasteiger partial charge in [0.2, 0.25) is 0 Å². The summed E-state index contributed by atoms with van der Waals surface area (Å²) in [5, 5.41) is 8.76. The summed E-state index contributed by atoms with van der Waals surface area (Å²) in [4.78, 5) is 17.2. The number of aromatic nitrogens is 1. The molecule has 1 N–H and O–H groups in total. The van der Waals surface area contributed by atoms with Crippen LogP contribution in [0.3, 0.4) is 0 Å². The molecule has 2 rings (SSSR count). The highest BCUT2D eigenvalue weighted by molar-refractivity contribution is 7.22. The molecule has 0 aromatic carbocycles. The first-order valence-corrected chi connectivity index (χ1v) is 5.61. The molecule has 0 aliphatic heterocycles. The van der Waals surface area contributed by atoms with Gasteiger partial charge in [0, 0.05) is 4.88 Å². The molecule has 0 atom stereocenters. The minimum Gasteiger partial charge on any atom is -0.477 e. The summed E-state index contributed by atoms with van der Waals surface area (Å²) >= 11 is 2.82. The molecule has 0 saturated heterocycles. The van der Waals surface area contributed by atoms with Crippen molar-refractivity contribution in [3.05, 3.63) is 28.2 Å². The van der Waals surface area contributed by atoms with Crippen LogP contribution < -0.4 is 0 Å². The van der Waals surface area contributed by atoms with Crippen molar-refractivity contribution in [3.63, 3.8) is 0 Å². The van der Waals surface area contributed by atoms with Gasteiger partial charge in [-0.2, -0.15) is 0 Å². The quantitative estimate of drug-likeness (QED) is 0.855. The van der Waals surface area contributed by atoms with Crippen LogP contribution in [0, 0.1) is 6.92 Å². The van der Waals surface area contributed by atoms with Crippen LogP contribution in [-0.2, 0) is 0 Å². The third-order valence-electron chi connectivity index (χ3n) is 1.79. The number of carboxylic acid groups (broad SMARTS) is 1. The summed E-state index contributed by atoms with van der Waals surface area (Å²) in [5.41, 5.74) is 2.72. The first-order valence-electron chi connectivity index (χ1n) is 3.92. The molecule has 0 aliphatic carbocycles. The SMILES string of the molecule is Cc1ncsc1-c1ccc(C(=O)O)s1. The van der Waals surface area contributed by atoms with Crippen molar-refractivity contribution in [2.24, 2.45) is 0 Å². The Morgan fingerprint density at radius 2 is 2.29 bits per heavy atom. The summed E-state index contributed by atoms with van der Waals surface area (Å²) in [7, 11) is 0. The summed E-state index contributed by atoms with van der Waals surface area (Å²) in [6, 6.07) is 3.45. The van der Waals surface area contributed by atoms with Gasteiger partial charge in [-0.1, -0.05) is 0 Å². The lowest BCUT2D eigenvalue weighted by Crippen LogP contribution is -1.89. The van der Waals surface area contributed by atoms with Gasteiger partial charge in [-0.3, -0.25) is 0 Å². The fourth-order valence-corrected chi connectivity index (χ4v) is 2.94. The number of thiophene rings is 1. The number of carboxylic acids is 1. The van der Waals surface area contributed by atoms with Crippen molar-refractivity contribution in [1.82, 2.24) is 4.98 Å². The Labute approximate surface area is 88.7 Å². The summed E-state index contributed by atoms with van der Waals surface area (Å²) in [6.07, 6.45) is 0. The van der Waals surface area contributed by atoms with Crippen LogP contribution in [0.25, 0.3) is 9.75 Å². The van der Waals surface area contributed by atoms with E-state index in [0.717, 1.165) is 15.4 Å². The standard InChI is InChI=1S/C9H7NO2S2/c1-5-8(13-4-10-5)6-2-3-7(14-6)9(11)12/h2-4H,1H3,(H,11,12). The molecular formula is C9H7NO2S2. The highest BCUT2D eigenvalue weighted by atomic mass is 32.1. The molecule has 0 aliphatic rings. The monoisotopic (exact) mass is 225 g/mol. The number of thiazole rings is 1. The number of carbonyl (C=O) groups is 1. The Morgan fingerprint density at radius 3 is 2.79 bits per heavy atom. The van der Waals surface area contributed by atoms with E-state index in [-0.39, 0.29) is 0 Å². The predicted octanol–water partition coefficient (Wildman–Crippen LogP) is 2.88. The Bertz CT molecular complexity index is 473. The molecular weight excluding hydrogens is 218 g/mol. The smallest absolute Gasteiger partial charge is 0.345 e. The van der Waals surface area contributed by atoms with Crippen molar-refractivity contribution in [2.75, 3.05) is 0 Å². The number of nitrogens with zero attached hydrogens (tertiary/aromatic N) is 1. The lowest BCUT2D eigenvalue weighted by atomic mass is 10.3. The first-order chi connectivity index (χ1) is 6.68. The molecule has 0 bridgehead atoms. The number of aromatic carboxylic acids is 1. The first kappa shape index (κ1) is 9.36. The van der Waals surface area contributed by atoms with Crippen molar-refractivity contribution < 1.29 is 9.90 Å². The maximum Gasteiger partial charge on any atom is 0.345 e. The minimum absolute atomic E-state index is 0.368. The van der Waals surface area contributed by atoms with E-state index >= 15 is 0 Å². The van der Waals surface area contributed by atoms with Crippen LogP contribution in [0.4, 0.5) is 0 Å². The molecule has 14 heavy (non-hydrogen) atoms. The van der Waals surface area contributed by atoms with E-state index in [1.807, 2.05) is 13.0 Å². The summed E-state index contributed by atoms with van der Waals surface area (Å²) in [5.74, 6) is -0.872. The number of aryl methyl sites for hydroxylation is 1. The van der Waals surface area contributed by atoms with E-state index in [0.29, 0.717) is 4.88 Å². The fourth-order valence-electron chi connectivity index (χ4n) is 1.11. The van der Waals surface area contributed by atoms with Crippen molar-refractivity contribution in [1.29, 1.82) is 0 Å². The van der Waals surface area contributed by atoms with Gasteiger partial charge in [-0.15, -0.1) is 22.7 Å². The second-order valence-electron chi connectivity index (χ2n) is 2.74. The molecule has 0 saturated carbocycles. The minimum atomic E-state index is -0.872. The van der Waals surface area contributed by atoms with Crippen LogP contribution in [0.2, 0.25) is 0 Å². The lowest BCUT2D eigenvalue weighted by molar-refractivity contribution is 0.0702. The second-order valence-corrected chi connectivity index (χ2v) is 4.67. The maximum atomic E-state index is 10.7. The molecule has 0 spiro atoms. The van der Waals surface area contributed by atoms with Crippen molar-refractivity contribution in [3.8, 4) is 9.75 Å². The number of rotatable bonds is 2. The fraction of sp³-hybridized carbons (Fsp3) is 0.111. The average Bonchev–Trinajstić information content (AvgIpc) is 2.71. The zero-order chi connectivity index (χ0) is 10.1. The molecule has 0 amide bonds. The summed E-state index contributed by atoms with van der Waals surface area (Å²) in [6.45, 7) is 1.92. The highest BCUT2D eigenvalue weighted by Gasteiger charge is 2.11. The predicted molar refractivity (Wildman–Crippen MR) is 57.1 cm³/mol. The van der Waals surface area contributed by atoms with Crippen LogP contribution in [0.15, 0.2) is 17.6 Å². The van der Waals surface area contributed by atoms with E-state index < -0.39 is 5.97 Å². The Hall–Kier alpha value is -1.20. The maximum absolute atomic E-state index is 10.7. The molecule has 5 heteroatoms. The van der Waals surface area contributed by atoms with E-state index in [2.05, 4.69) is 4.98 Å². The van der Waals surface area contributed by atoms with Crippen molar-refractivity contribution in [2.45, 2.75) is 6.92 Å². The zero-order valence-electron chi connectivity index (χ0n) is 7.35. The summed E-state index contributed by atoms with van der Waals surface area (Å²) < 4.78 is 0. The second kappa shape index (κ2) is 3.51. The van der Waals surface area contributed by atoms with E-state index in [9.17, 15) is 4.79 Å². The third-order valence-corrected chi connectivity index (χ3v) is 3.97. The van der Waals surface area contributed by atoms with Gasteiger partial charge < -0.3 is 5.11 Å². The van der Waals surface area contributed by atoms with E-state index in [1.54, 1.807) is 11.6 Å². The molecule has 0 radical (unpaired) electrons. The highest BCUT2D eigenvalue weighted by Crippen LogP contribution is 2.33. The zero-order valence-corrected chi connectivity index (χ0v) is 8.98. The topological polar surface area (TPSA) is 50.2 Å². The Kier molecular flexibility index (Phi) is 2.35. The molecule has 2 heterocycles. The average molecular weight is 225 g/mol. The van der Waals surface area contributed by atoms with Gasteiger partial charge in [0.25, 0.3) is 0 Å². The van der Waals surface area contributed by atoms with Crippen LogP contribution in [-0.4, -0.2) is 16.1 Å². The number of hydrogen-bond donors (Lipinski definition) is 1. The Balaban J connectivity index is 2.43. The molecule has 2 aromatic heterocycles. The molecule has 0 fully saturated rings. The molecule has 3 nitrogen and oxygen atoms in total. The van der Waals surface area contributed by atoms with Crippen LogP contribution >= 0.6 is 22.7 Å². The van der Waals surface area contributed by atoms with Crippen LogP contribution in [0.5, 0.6) is 0 Å². The van der Waals surface area contributed by atoms with Gasteiger partial charge in [-0.25, -0.2) is 9.78 Å². The molecule has 0 unspecified atom stereocenters. The van der Waals surface area contributed by atoms with Gasteiger partial charge in [-0.05, 0) is 19.1 Å². The third kappa shape index (κ3) is 1.56. The van der Waals surface area contributed by atoms with Crippen LogP contribution in [0.1, 0.15) is 15.4 Å². The van der Waals surface area contributed by atoms with Crippen molar-refractivity contribution >= 4 is 28.6 Å². The lowest BCUT2D eigenvalue weighted by Gasteiger charge is -1.90. The number of hydrogen-bond acceptors (Lipinski definition) is 4. The van der Waals surface area contributed by atoms with E-state index in [1.165, 1.54) is 22.7 Å². The molecule has 2 aromatic rings. The van der Waals surface area contributed by atoms with Gasteiger partial charge >= 0.3 is 5.97 Å². The normalized spacial score (nSPS) is 10.4. The van der Waals surface area contributed by atoms with Gasteiger partial charge in [0.1, 0.15) is 4.88 Å². The van der Waals surface area contributed by atoms with Gasteiger partial charge in [0.15, 0.2) is 0 Å². The van der Waals surface area contributed by atoms with E-state index in [4.69, 9.17) is 5.11 Å². The van der Waals surface area contributed by atoms with Gasteiger partial charge in [0.05, 0.1) is 16.1 Å².